The number of nitrogens with one attached hydrogen (secondary N) is 2. The Bertz CT molecular complexity index is 1250. The number of carbonyl (C=O) groups is 1. The molecule has 9 nitrogen and oxygen atoms in total. The number of hydrogen-bond donors (Lipinski definition) is 2. The van der Waals surface area contributed by atoms with Crippen LogP contribution < -0.4 is 10.6 Å². The van der Waals surface area contributed by atoms with Crippen LogP contribution in [0.5, 0.6) is 0 Å². The van der Waals surface area contributed by atoms with E-state index >= 15 is 0 Å². The number of hydrogen-bond acceptors (Lipinski definition) is 8. The molecule has 0 unspecified atom stereocenters. The highest BCUT2D eigenvalue weighted by molar-refractivity contribution is 7.90. The van der Waals surface area contributed by atoms with E-state index in [4.69, 9.17) is 0 Å². The van der Waals surface area contributed by atoms with Gasteiger partial charge in [-0.15, -0.1) is 11.3 Å². The Kier molecular flexibility index (Phi) is 7.21. The molecule has 2 N–H and O–H groups in total. The predicted molar refractivity (Wildman–Crippen MR) is 124 cm³/mol. The summed E-state index contributed by atoms with van der Waals surface area (Å²) in [6.07, 6.45) is 1.12. The van der Waals surface area contributed by atoms with Crippen LogP contribution in [-0.4, -0.2) is 43.6 Å². The van der Waals surface area contributed by atoms with Gasteiger partial charge in [0.25, 0.3) is 5.69 Å². The van der Waals surface area contributed by atoms with Crippen LogP contribution in [-0.2, 0) is 21.1 Å². The second-order valence-electron chi connectivity index (χ2n) is 7.18. The van der Waals surface area contributed by atoms with E-state index in [0.717, 1.165) is 28.5 Å². The van der Waals surface area contributed by atoms with Crippen molar-refractivity contribution in [2.45, 2.75) is 18.2 Å². The number of aryl methyl sites for hydroxylation is 1. The summed E-state index contributed by atoms with van der Waals surface area (Å²) in [6, 6.07) is 11.7. The van der Waals surface area contributed by atoms with Crippen molar-refractivity contribution in [1.82, 2.24) is 10.3 Å². The number of sulfone groups is 1. The lowest BCUT2D eigenvalue weighted by Gasteiger charge is -2.09. The average molecular weight is 475 g/mol. The van der Waals surface area contributed by atoms with Crippen LogP contribution in [0.25, 0.3) is 10.6 Å². The lowest BCUT2D eigenvalue weighted by Crippen LogP contribution is -2.30. The summed E-state index contributed by atoms with van der Waals surface area (Å²) in [5.41, 5.74) is 2.65. The first-order valence-corrected chi connectivity index (χ1v) is 12.4. The van der Waals surface area contributed by atoms with Crippen LogP contribution >= 0.6 is 11.3 Å². The first kappa shape index (κ1) is 23.4. The summed E-state index contributed by atoms with van der Waals surface area (Å²) in [4.78, 5) is 27.2. The predicted octanol–water partition coefficient (Wildman–Crippen LogP) is 3.20. The van der Waals surface area contributed by atoms with E-state index in [-0.39, 0.29) is 41.7 Å². The molecule has 2 aromatic carbocycles. The van der Waals surface area contributed by atoms with Gasteiger partial charge in [-0.2, -0.15) is 0 Å². The fourth-order valence-corrected chi connectivity index (χ4v) is 4.43. The molecule has 0 saturated heterocycles. The number of nitrogens with zero attached hydrogens (tertiary/aromatic N) is 2. The summed E-state index contributed by atoms with van der Waals surface area (Å²) in [6.45, 7) is 2.48. The maximum Gasteiger partial charge on any atom is 0.293 e. The SMILES string of the molecule is Cc1cccc(-c2nc(CC(=O)NCCNc3ccc(S(C)(=O)=O)cc3[N+](=O)[O-])cs2)c1. The molecule has 3 rings (SSSR count). The minimum absolute atomic E-state index is 0.128. The maximum absolute atomic E-state index is 12.2. The quantitative estimate of drug-likeness (QED) is 0.276. The number of aromatic nitrogens is 1. The van der Waals surface area contributed by atoms with Crippen LogP contribution in [0.4, 0.5) is 11.4 Å². The maximum atomic E-state index is 12.2. The van der Waals surface area contributed by atoms with E-state index in [2.05, 4.69) is 15.6 Å². The number of carbonyl (C=O) groups excluding carboxylic acids is 1. The van der Waals surface area contributed by atoms with Gasteiger partial charge in [-0.1, -0.05) is 23.8 Å². The van der Waals surface area contributed by atoms with Gasteiger partial charge in [0.1, 0.15) is 10.7 Å². The van der Waals surface area contributed by atoms with E-state index in [9.17, 15) is 23.3 Å². The Hall–Kier alpha value is -3.31. The molecule has 0 aliphatic carbocycles. The zero-order valence-corrected chi connectivity index (χ0v) is 19.1. The van der Waals surface area contributed by atoms with Crippen molar-refractivity contribution >= 4 is 38.5 Å². The second-order valence-corrected chi connectivity index (χ2v) is 10.0. The Balaban J connectivity index is 1.52. The molecule has 0 aliphatic rings. The molecule has 1 amide bonds. The molecule has 0 saturated carbocycles. The van der Waals surface area contributed by atoms with Gasteiger partial charge in [0.05, 0.1) is 21.9 Å². The molecule has 1 heterocycles. The van der Waals surface area contributed by atoms with Gasteiger partial charge >= 0.3 is 0 Å². The van der Waals surface area contributed by atoms with Crippen LogP contribution in [0.2, 0.25) is 0 Å². The molecule has 0 atom stereocenters. The van der Waals surface area contributed by atoms with Crippen molar-refractivity contribution < 1.29 is 18.1 Å². The van der Waals surface area contributed by atoms with Gasteiger partial charge in [-0.25, -0.2) is 13.4 Å². The number of benzene rings is 2. The van der Waals surface area contributed by atoms with Crippen molar-refractivity contribution in [2.75, 3.05) is 24.7 Å². The number of nitro benzene ring substituents is 1. The molecule has 0 aliphatic heterocycles. The van der Waals surface area contributed by atoms with Crippen LogP contribution in [0.15, 0.2) is 52.7 Å². The van der Waals surface area contributed by atoms with Gasteiger partial charge in [-0.05, 0) is 25.1 Å². The monoisotopic (exact) mass is 474 g/mol. The Morgan fingerprint density at radius 3 is 2.66 bits per heavy atom. The lowest BCUT2D eigenvalue weighted by atomic mass is 10.1. The standard InChI is InChI=1S/C21H22N4O5S2/c1-14-4-3-5-15(10-14)21-24-16(13-31-21)11-20(26)23-9-8-22-18-7-6-17(32(2,29)30)12-19(18)25(27)28/h3-7,10,12-13,22H,8-9,11H2,1-2H3,(H,23,26). The molecule has 32 heavy (non-hydrogen) atoms. The van der Waals surface area contributed by atoms with Gasteiger partial charge in [0, 0.05) is 36.4 Å². The molecule has 0 radical (unpaired) electrons. The van der Waals surface area contributed by atoms with Crippen molar-refractivity contribution in [2.24, 2.45) is 0 Å². The van der Waals surface area contributed by atoms with Gasteiger partial charge in [0.15, 0.2) is 9.84 Å². The Morgan fingerprint density at radius 1 is 1.19 bits per heavy atom. The number of anilines is 1. The molecule has 3 aromatic rings. The number of rotatable bonds is 9. The van der Waals surface area contributed by atoms with E-state index in [0.29, 0.717) is 5.69 Å². The average Bonchev–Trinajstić information content (AvgIpc) is 3.19. The van der Waals surface area contributed by atoms with E-state index in [1.165, 1.54) is 23.5 Å². The molecule has 11 heteroatoms. The minimum atomic E-state index is -3.55. The van der Waals surface area contributed by atoms with Crippen molar-refractivity contribution in [3.63, 3.8) is 0 Å². The largest absolute Gasteiger partial charge is 0.378 e. The fourth-order valence-electron chi connectivity index (χ4n) is 2.97. The third-order valence-electron chi connectivity index (χ3n) is 4.52. The zero-order valence-electron chi connectivity index (χ0n) is 17.5. The van der Waals surface area contributed by atoms with Crippen LogP contribution in [0.3, 0.4) is 0 Å². The zero-order chi connectivity index (χ0) is 23.3. The first-order valence-electron chi connectivity index (χ1n) is 9.64. The minimum Gasteiger partial charge on any atom is -0.378 e. The third-order valence-corrected chi connectivity index (χ3v) is 6.57. The van der Waals surface area contributed by atoms with E-state index in [1.54, 1.807) is 0 Å². The van der Waals surface area contributed by atoms with Crippen molar-refractivity contribution in [3.05, 3.63) is 69.2 Å². The van der Waals surface area contributed by atoms with Crippen LogP contribution in [0, 0.1) is 17.0 Å². The topological polar surface area (TPSA) is 131 Å². The van der Waals surface area contributed by atoms with Crippen molar-refractivity contribution in [3.8, 4) is 10.6 Å². The number of thiazole rings is 1. The van der Waals surface area contributed by atoms with E-state index in [1.807, 2.05) is 36.6 Å². The summed E-state index contributed by atoms with van der Waals surface area (Å²) in [5.74, 6) is -0.213. The molecular formula is C21H22N4O5S2. The molecule has 0 bridgehead atoms. The smallest absolute Gasteiger partial charge is 0.293 e. The molecule has 0 spiro atoms. The highest BCUT2D eigenvalue weighted by atomic mass is 32.2. The molecular weight excluding hydrogens is 452 g/mol. The highest BCUT2D eigenvalue weighted by Crippen LogP contribution is 2.27. The highest BCUT2D eigenvalue weighted by Gasteiger charge is 2.18. The van der Waals surface area contributed by atoms with E-state index < -0.39 is 14.8 Å². The molecule has 0 fully saturated rings. The normalized spacial score (nSPS) is 11.2. The lowest BCUT2D eigenvalue weighted by molar-refractivity contribution is -0.384. The summed E-state index contributed by atoms with van der Waals surface area (Å²) in [5, 5.41) is 19.6. The molecule has 168 valence electrons. The van der Waals surface area contributed by atoms with Crippen LogP contribution in [0.1, 0.15) is 11.3 Å². The van der Waals surface area contributed by atoms with Gasteiger partial charge in [-0.3, -0.25) is 14.9 Å². The summed E-state index contributed by atoms with van der Waals surface area (Å²) < 4.78 is 23.2. The van der Waals surface area contributed by atoms with Crippen molar-refractivity contribution in [1.29, 1.82) is 0 Å². The Morgan fingerprint density at radius 2 is 1.97 bits per heavy atom. The number of nitro groups is 1. The van der Waals surface area contributed by atoms with Gasteiger partial charge < -0.3 is 10.6 Å². The second kappa shape index (κ2) is 9.88. The summed E-state index contributed by atoms with van der Waals surface area (Å²) in [7, 11) is -3.55. The summed E-state index contributed by atoms with van der Waals surface area (Å²) >= 11 is 1.48. The fraction of sp³-hybridized carbons (Fsp3) is 0.238. The first-order chi connectivity index (χ1) is 15.1. The number of amides is 1. The van der Waals surface area contributed by atoms with Gasteiger partial charge in [0.2, 0.25) is 5.91 Å². The molecule has 1 aromatic heterocycles. The third kappa shape index (κ3) is 6.11. The Labute approximate surface area is 189 Å².